The Labute approximate surface area is 194 Å². The normalized spacial score (nSPS) is 14.7. The average molecular weight is 457 g/mol. The largest absolute Gasteiger partial charge is 0.487 e. The van der Waals surface area contributed by atoms with Crippen molar-refractivity contribution in [2.75, 3.05) is 0 Å². The number of fused-ring (bicyclic) bond motifs is 3. The molecule has 33 heavy (non-hydrogen) atoms. The Bertz CT molecular complexity index is 1080. The van der Waals surface area contributed by atoms with Gasteiger partial charge in [-0.3, -0.25) is 14.4 Å². The molecule has 0 bridgehead atoms. The van der Waals surface area contributed by atoms with Gasteiger partial charge in [-0.25, -0.2) is 0 Å². The Balaban J connectivity index is 1.90. The van der Waals surface area contributed by atoms with E-state index in [-0.39, 0.29) is 42.3 Å². The number of hydrogen-bond donors (Lipinski definition) is 0. The summed E-state index contributed by atoms with van der Waals surface area (Å²) in [6.45, 7) is 10.7. The monoisotopic (exact) mass is 456 g/mol. The van der Waals surface area contributed by atoms with E-state index in [9.17, 15) is 14.4 Å². The first kappa shape index (κ1) is 24.6. The summed E-state index contributed by atoms with van der Waals surface area (Å²) in [4.78, 5) is 36.5. The third-order valence-corrected chi connectivity index (χ3v) is 5.17. The maximum Gasteiger partial charge on any atom is 0.311 e. The van der Waals surface area contributed by atoms with E-state index in [1.54, 1.807) is 26.8 Å². The first-order valence-electron chi connectivity index (χ1n) is 11.2. The van der Waals surface area contributed by atoms with Gasteiger partial charge < -0.3 is 18.9 Å². The topological polar surface area (TPSA) is 88.1 Å². The molecule has 0 unspecified atom stereocenters. The smallest absolute Gasteiger partial charge is 0.311 e. The van der Waals surface area contributed by atoms with Crippen molar-refractivity contribution in [1.29, 1.82) is 0 Å². The second-order valence-electron chi connectivity index (χ2n) is 9.88. The molecule has 0 saturated carbocycles. The third kappa shape index (κ3) is 6.24. The van der Waals surface area contributed by atoms with E-state index >= 15 is 0 Å². The Kier molecular flexibility index (Phi) is 7.00. The highest BCUT2D eigenvalue weighted by molar-refractivity contribution is 5.99. The number of hydrogen-bond acceptors (Lipinski definition) is 7. The van der Waals surface area contributed by atoms with E-state index in [1.165, 1.54) is 6.92 Å². The van der Waals surface area contributed by atoms with Crippen molar-refractivity contribution in [3.63, 3.8) is 0 Å². The summed E-state index contributed by atoms with van der Waals surface area (Å²) in [7, 11) is 0. The maximum atomic E-state index is 12.7. The molecule has 0 aromatic heterocycles. The minimum atomic E-state index is -0.575. The lowest BCUT2D eigenvalue weighted by molar-refractivity contribution is -0.155. The van der Waals surface area contributed by atoms with E-state index in [1.807, 2.05) is 32.0 Å². The third-order valence-electron chi connectivity index (χ3n) is 5.17. The molecule has 0 atom stereocenters. The van der Waals surface area contributed by atoms with Crippen molar-refractivity contribution in [2.45, 2.75) is 84.8 Å². The van der Waals surface area contributed by atoms with Crippen LogP contribution >= 0.6 is 0 Å². The van der Waals surface area contributed by atoms with E-state index in [2.05, 4.69) is 0 Å². The number of carbonyl (C=O) groups excluding carboxylic acids is 3. The van der Waals surface area contributed by atoms with E-state index < -0.39 is 17.5 Å². The molecule has 7 heteroatoms. The van der Waals surface area contributed by atoms with Crippen LogP contribution < -0.4 is 14.2 Å². The molecule has 1 heterocycles. The fourth-order valence-electron chi connectivity index (χ4n) is 3.79. The number of ether oxygens (including phenoxy) is 4. The fourth-order valence-corrected chi connectivity index (χ4v) is 3.79. The molecule has 178 valence electrons. The van der Waals surface area contributed by atoms with Gasteiger partial charge in [-0.2, -0.15) is 0 Å². The van der Waals surface area contributed by atoms with Crippen LogP contribution in [0.2, 0.25) is 0 Å². The highest BCUT2D eigenvalue weighted by Crippen LogP contribution is 2.50. The van der Waals surface area contributed by atoms with Gasteiger partial charge in [0.25, 0.3) is 0 Å². The van der Waals surface area contributed by atoms with Crippen LogP contribution in [0.4, 0.5) is 0 Å². The second kappa shape index (κ2) is 9.41. The lowest BCUT2D eigenvalue weighted by atomic mass is 9.91. The van der Waals surface area contributed by atoms with Crippen molar-refractivity contribution >= 4 is 28.7 Å². The fraction of sp³-hybridized carbons (Fsp3) is 0.500. The van der Waals surface area contributed by atoms with Crippen LogP contribution in [-0.4, -0.2) is 29.1 Å². The zero-order valence-corrected chi connectivity index (χ0v) is 20.2. The number of benzene rings is 2. The zero-order valence-electron chi connectivity index (χ0n) is 20.2. The molecule has 2 aromatic rings. The van der Waals surface area contributed by atoms with Gasteiger partial charge in [0.1, 0.15) is 17.0 Å². The van der Waals surface area contributed by atoms with E-state index in [0.29, 0.717) is 29.5 Å². The standard InChI is InChI=1S/C26H32O7/c1-16(27)30-23-18-11-8-7-10-17(18)22-19(14-15-26(5,6)33-22)24(23)31-20(28)12-9-13-21(29)32-25(2,3)4/h7-8,10-11H,9,12-15H2,1-6H3. The van der Waals surface area contributed by atoms with Gasteiger partial charge >= 0.3 is 17.9 Å². The summed E-state index contributed by atoms with van der Waals surface area (Å²) < 4.78 is 22.8. The first-order chi connectivity index (χ1) is 15.4. The molecule has 2 aromatic carbocycles. The lowest BCUT2D eigenvalue weighted by Crippen LogP contribution is -2.33. The number of esters is 3. The molecule has 0 aliphatic carbocycles. The molecule has 0 spiro atoms. The van der Waals surface area contributed by atoms with Crippen LogP contribution in [0.3, 0.4) is 0 Å². The van der Waals surface area contributed by atoms with Gasteiger partial charge in [0.15, 0.2) is 11.5 Å². The Morgan fingerprint density at radius 2 is 1.61 bits per heavy atom. The molecule has 1 aliphatic heterocycles. The van der Waals surface area contributed by atoms with Crippen LogP contribution in [0.5, 0.6) is 17.2 Å². The summed E-state index contributed by atoms with van der Waals surface area (Å²) in [5, 5.41) is 1.42. The molecule has 0 saturated heterocycles. The highest BCUT2D eigenvalue weighted by atomic mass is 16.6. The summed E-state index contributed by atoms with van der Waals surface area (Å²) in [6.07, 6.45) is 1.72. The van der Waals surface area contributed by atoms with E-state index in [4.69, 9.17) is 18.9 Å². The Hall–Kier alpha value is -3.09. The van der Waals surface area contributed by atoms with Crippen molar-refractivity contribution in [3.05, 3.63) is 29.8 Å². The van der Waals surface area contributed by atoms with E-state index in [0.717, 1.165) is 5.39 Å². The molecule has 7 nitrogen and oxygen atoms in total. The number of carbonyl (C=O) groups is 3. The molecule has 3 rings (SSSR count). The molecule has 0 amide bonds. The molecular weight excluding hydrogens is 424 g/mol. The van der Waals surface area contributed by atoms with Crippen LogP contribution in [0.1, 0.15) is 72.8 Å². The summed E-state index contributed by atoms with van der Waals surface area (Å²) in [5.41, 5.74) is -0.258. The quantitative estimate of drug-likeness (QED) is 0.431. The summed E-state index contributed by atoms with van der Waals surface area (Å²) >= 11 is 0. The van der Waals surface area contributed by atoms with Crippen molar-refractivity contribution < 1.29 is 33.3 Å². The molecule has 1 aliphatic rings. The summed E-state index contributed by atoms with van der Waals surface area (Å²) in [5.74, 6) is -0.352. The molecule has 0 N–H and O–H groups in total. The van der Waals surface area contributed by atoms with Crippen molar-refractivity contribution in [3.8, 4) is 17.2 Å². The van der Waals surface area contributed by atoms with Gasteiger partial charge in [0, 0.05) is 36.1 Å². The van der Waals surface area contributed by atoms with Crippen molar-refractivity contribution in [2.24, 2.45) is 0 Å². The predicted molar refractivity (Wildman–Crippen MR) is 124 cm³/mol. The average Bonchev–Trinajstić information content (AvgIpc) is 2.68. The van der Waals surface area contributed by atoms with Gasteiger partial charge in [-0.1, -0.05) is 24.3 Å². The van der Waals surface area contributed by atoms with Crippen LogP contribution in [-0.2, 0) is 25.5 Å². The van der Waals surface area contributed by atoms with Gasteiger partial charge in [0.2, 0.25) is 0 Å². The summed E-state index contributed by atoms with van der Waals surface area (Å²) in [6, 6.07) is 7.41. The zero-order chi connectivity index (χ0) is 24.4. The van der Waals surface area contributed by atoms with Gasteiger partial charge in [-0.05, 0) is 53.9 Å². The molecule has 0 fully saturated rings. The lowest BCUT2D eigenvalue weighted by Gasteiger charge is -2.34. The minimum absolute atomic E-state index is 0.0205. The molecule has 0 radical (unpaired) electrons. The Morgan fingerprint density at radius 1 is 0.970 bits per heavy atom. The van der Waals surface area contributed by atoms with Gasteiger partial charge in [0.05, 0.1) is 0 Å². The van der Waals surface area contributed by atoms with Gasteiger partial charge in [-0.15, -0.1) is 0 Å². The van der Waals surface area contributed by atoms with Crippen LogP contribution in [0.15, 0.2) is 24.3 Å². The van der Waals surface area contributed by atoms with Crippen LogP contribution in [0, 0.1) is 0 Å². The minimum Gasteiger partial charge on any atom is -0.487 e. The maximum absolute atomic E-state index is 12.7. The predicted octanol–water partition coefficient (Wildman–Crippen LogP) is 5.29. The molecular formula is C26H32O7. The number of rotatable bonds is 6. The Morgan fingerprint density at radius 3 is 2.24 bits per heavy atom. The van der Waals surface area contributed by atoms with Crippen molar-refractivity contribution in [1.82, 2.24) is 0 Å². The van der Waals surface area contributed by atoms with Crippen LogP contribution in [0.25, 0.3) is 10.8 Å². The second-order valence-corrected chi connectivity index (χ2v) is 9.88. The SMILES string of the molecule is CC(=O)Oc1c(OC(=O)CCCC(=O)OC(C)(C)C)c2c(c3ccccc13)OC(C)(C)CC2. The highest BCUT2D eigenvalue weighted by Gasteiger charge is 2.34. The first-order valence-corrected chi connectivity index (χ1v) is 11.2.